The van der Waals surface area contributed by atoms with Gasteiger partial charge in [-0.15, -0.1) is 0 Å². The van der Waals surface area contributed by atoms with Crippen molar-refractivity contribution in [1.82, 2.24) is 19.9 Å². The number of halogens is 3. The predicted octanol–water partition coefficient (Wildman–Crippen LogP) is 4.34. The van der Waals surface area contributed by atoms with Gasteiger partial charge in [0.2, 0.25) is 5.91 Å². The lowest BCUT2D eigenvalue weighted by Gasteiger charge is -2.36. The molecule has 8 nitrogen and oxygen atoms in total. The Kier molecular flexibility index (Phi) is 7.27. The number of carbonyl (C=O) groups is 1. The predicted molar refractivity (Wildman–Crippen MR) is 133 cm³/mol. The summed E-state index contributed by atoms with van der Waals surface area (Å²) in [4.78, 5) is 38.2. The van der Waals surface area contributed by atoms with E-state index in [4.69, 9.17) is 0 Å². The van der Waals surface area contributed by atoms with Gasteiger partial charge in [-0.2, -0.15) is 0 Å². The van der Waals surface area contributed by atoms with Crippen molar-refractivity contribution in [2.45, 2.75) is 57.6 Å². The maximum atomic E-state index is 14.8. The van der Waals surface area contributed by atoms with Gasteiger partial charge in [-0.05, 0) is 45.6 Å². The third-order valence-electron chi connectivity index (χ3n) is 7.04. The Hall–Kier alpha value is -3.47. The average Bonchev–Trinajstić information content (AvgIpc) is 2.83. The van der Waals surface area contributed by atoms with Crippen molar-refractivity contribution in [3.63, 3.8) is 0 Å². The van der Waals surface area contributed by atoms with Crippen LogP contribution in [0.25, 0.3) is 11.0 Å². The molecule has 0 saturated heterocycles. The van der Waals surface area contributed by atoms with Gasteiger partial charge in [-0.25, -0.2) is 23.1 Å². The van der Waals surface area contributed by atoms with Crippen molar-refractivity contribution in [3.8, 4) is 0 Å². The molecule has 1 atom stereocenters. The lowest BCUT2D eigenvalue weighted by molar-refractivity contribution is -0.136. The number of hydrogen-bond donors (Lipinski definition) is 3. The fourth-order valence-electron chi connectivity index (χ4n) is 4.98. The van der Waals surface area contributed by atoms with E-state index in [2.05, 4.69) is 20.3 Å². The van der Waals surface area contributed by atoms with Crippen molar-refractivity contribution in [3.05, 3.63) is 63.0 Å². The normalized spacial score (nSPS) is 20.7. The summed E-state index contributed by atoms with van der Waals surface area (Å²) in [5, 5.41) is 14.9. The Morgan fingerprint density at radius 3 is 2.49 bits per heavy atom. The molecule has 2 heterocycles. The highest BCUT2D eigenvalue weighted by Gasteiger charge is 2.39. The van der Waals surface area contributed by atoms with E-state index in [1.807, 2.05) is 0 Å². The first-order chi connectivity index (χ1) is 17.4. The molecule has 0 radical (unpaired) electrons. The molecule has 1 amide bonds. The third-order valence-corrected chi connectivity index (χ3v) is 7.04. The monoisotopic (exact) mass is 517 g/mol. The molecule has 0 bridgehead atoms. The molecule has 2 aromatic heterocycles. The highest BCUT2D eigenvalue weighted by Crippen LogP contribution is 2.40. The molecule has 4 rings (SSSR count). The Balaban J connectivity index is 1.70. The van der Waals surface area contributed by atoms with Crippen LogP contribution < -0.4 is 10.9 Å². The molecule has 198 valence electrons. The van der Waals surface area contributed by atoms with E-state index in [9.17, 15) is 27.9 Å². The first kappa shape index (κ1) is 26.6. The first-order valence-electron chi connectivity index (χ1n) is 12.1. The molecule has 1 fully saturated rings. The zero-order valence-electron chi connectivity index (χ0n) is 21.1. The van der Waals surface area contributed by atoms with Gasteiger partial charge in [0.25, 0.3) is 12.0 Å². The van der Waals surface area contributed by atoms with Gasteiger partial charge in [0, 0.05) is 31.1 Å². The molecule has 1 saturated carbocycles. The molecule has 11 heteroatoms. The summed E-state index contributed by atoms with van der Waals surface area (Å²) in [6.07, 6.45) is -1.65. The van der Waals surface area contributed by atoms with Crippen molar-refractivity contribution in [2.24, 2.45) is 5.92 Å². The number of alkyl halides is 2. The summed E-state index contributed by atoms with van der Waals surface area (Å²) in [6.45, 7) is 3.23. The second kappa shape index (κ2) is 10.1. The highest BCUT2D eigenvalue weighted by molar-refractivity contribution is 5.87. The molecule has 3 aromatic rings. The van der Waals surface area contributed by atoms with E-state index in [0.29, 0.717) is 24.1 Å². The third kappa shape index (κ3) is 5.18. The Bertz CT molecular complexity index is 1380. The van der Waals surface area contributed by atoms with Crippen LogP contribution >= 0.6 is 0 Å². The van der Waals surface area contributed by atoms with Crippen molar-refractivity contribution in [2.75, 3.05) is 19.4 Å². The quantitative estimate of drug-likeness (QED) is 0.449. The van der Waals surface area contributed by atoms with Gasteiger partial charge >= 0.3 is 0 Å². The number of pyridine rings is 1. The lowest BCUT2D eigenvalue weighted by atomic mass is 9.75. The van der Waals surface area contributed by atoms with Crippen LogP contribution in [-0.4, -0.2) is 45.0 Å². The first-order valence-corrected chi connectivity index (χ1v) is 12.1. The van der Waals surface area contributed by atoms with Gasteiger partial charge in [0.15, 0.2) is 0 Å². The average molecular weight is 518 g/mol. The van der Waals surface area contributed by atoms with Crippen LogP contribution in [0.1, 0.15) is 67.6 Å². The summed E-state index contributed by atoms with van der Waals surface area (Å²) in [7, 11) is 3.37. The number of H-pyrrole nitrogens is 1. The number of anilines is 1. The number of aryl methyl sites for hydroxylation is 1. The minimum absolute atomic E-state index is 0.0121. The molecular weight excluding hydrogens is 487 g/mol. The number of nitrogens with zero attached hydrogens (tertiary/aromatic N) is 3. The van der Waals surface area contributed by atoms with Crippen LogP contribution in [0.3, 0.4) is 0 Å². The van der Waals surface area contributed by atoms with Crippen molar-refractivity contribution < 1.29 is 23.1 Å². The number of nitrogens with one attached hydrogen (secondary N) is 2. The number of benzene rings is 1. The highest BCUT2D eigenvalue weighted by atomic mass is 19.3. The summed E-state index contributed by atoms with van der Waals surface area (Å²) in [6, 6.07) is 4.59. The summed E-state index contributed by atoms with van der Waals surface area (Å²) in [5.41, 5.74) is -2.25. The summed E-state index contributed by atoms with van der Waals surface area (Å²) < 4.78 is 41.2. The van der Waals surface area contributed by atoms with E-state index >= 15 is 0 Å². The number of carbonyl (C=O) groups excluding carboxylic acids is 1. The standard InChI is InChI=1S/C26H30F3N5O3/c1-13(16-6-5-7-17(20(16)27)21(28)29)30-22-18-12-19(24(35)33-23(18)32-14(2)31-22)26(37)10-8-15(9-11-26)25(36)34(3)4/h5-7,12-13,15,21,37H,8-11H2,1-4H3,(H2,30,31,32,33,35)/t13-,15-,26-/m1/s1. The zero-order valence-corrected chi connectivity index (χ0v) is 21.1. The summed E-state index contributed by atoms with van der Waals surface area (Å²) >= 11 is 0. The number of aliphatic hydroxyl groups is 1. The molecule has 1 aromatic carbocycles. The van der Waals surface area contributed by atoms with Crippen LogP contribution in [0, 0.1) is 18.7 Å². The van der Waals surface area contributed by atoms with E-state index in [1.54, 1.807) is 27.9 Å². The van der Waals surface area contributed by atoms with Gasteiger partial charge in [-0.3, -0.25) is 9.59 Å². The van der Waals surface area contributed by atoms with Crippen LogP contribution in [0.5, 0.6) is 0 Å². The SMILES string of the molecule is Cc1nc(N[C@H](C)c2cccc(C(F)F)c2F)c2cc([C@]3(O)CC[C@H](C(=O)N(C)C)CC3)c(=O)[nH]c2n1. The second-order valence-electron chi connectivity index (χ2n) is 9.85. The smallest absolute Gasteiger partial charge is 0.266 e. The molecule has 0 spiro atoms. The number of aromatic nitrogens is 3. The second-order valence-corrected chi connectivity index (χ2v) is 9.85. The molecule has 37 heavy (non-hydrogen) atoms. The van der Waals surface area contributed by atoms with Crippen molar-refractivity contribution in [1.29, 1.82) is 0 Å². The van der Waals surface area contributed by atoms with Gasteiger partial charge in [-0.1, -0.05) is 18.2 Å². The molecule has 1 aliphatic rings. The van der Waals surface area contributed by atoms with E-state index in [0.717, 1.165) is 6.07 Å². The van der Waals surface area contributed by atoms with Crippen LogP contribution in [0.2, 0.25) is 0 Å². The van der Waals surface area contributed by atoms with E-state index in [1.165, 1.54) is 23.1 Å². The molecule has 0 unspecified atom stereocenters. The Morgan fingerprint density at radius 1 is 1.22 bits per heavy atom. The minimum atomic E-state index is -2.95. The van der Waals surface area contributed by atoms with Gasteiger partial charge < -0.3 is 20.3 Å². The molecule has 3 N–H and O–H groups in total. The van der Waals surface area contributed by atoms with Crippen LogP contribution in [0.15, 0.2) is 29.1 Å². The number of fused-ring (bicyclic) bond motifs is 1. The number of rotatable bonds is 6. The Morgan fingerprint density at radius 2 is 1.86 bits per heavy atom. The topological polar surface area (TPSA) is 111 Å². The fraction of sp³-hybridized carbons (Fsp3) is 0.462. The largest absolute Gasteiger partial charge is 0.385 e. The van der Waals surface area contributed by atoms with Gasteiger partial charge in [0.05, 0.1) is 22.6 Å². The van der Waals surface area contributed by atoms with E-state index in [-0.39, 0.29) is 47.3 Å². The Labute approximate surface area is 211 Å². The number of aromatic amines is 1. The minimum Gasteiger partial charge on any atom is -0.385 e. The van der Waals surface area contributed by atoms with E-state index < -0.39 is 35.0 Å². The molecule has 0 aliphatic heterocycles. The molecule has 1 aliphatic carbocycles. The number of hydrogen-bond acceptors (Lipinski definition) is 6. The van der Waals surface area contributed by atoms with Crippen LogP contribution in [-0.2, 0) is 10.4 Å². The van der Waals surface area contributed by atoms with Crippen LogP contribution in [0.4, 0.5) is 19.0 Å². The maximum Gasteiger partial charge on any atom is 0.266 e. The number of amides is 1. The summed E-state index contributed by atoms with van der Waals surface area (Å²) in [5.74, 6) is -0.650. The van der Waals surface area contributed by atoms with Crippen molar-refractivity contribution >= 4 is 22.8 Å². The van der Waals surface area contributed by atoms with Gasteiger partial charge in [0.1, 0.15) is 23.1 Å². The maximum absolute atomic E-state index is 14.8. The lowest BCUT2D eigenvalue weighted by Crippen LogP contribution is -2.40. The molecular formula is C26H30F3N5O3. The fourth-order valence-corrected chi connectivity index (χ4v) is 4.98. The zero-order chi connectivity index (χ0) is 27.1.